The number of Topliss-reactive ketones (excluding diaryl/α,β-unsaturated/α-hetero) is 1. The maximum Gasteiger partial charge on any atom is 0.238 e. The molecule has 2 aromatic rings. The Morgan fingerprint density at radius 1 is 1.08 bits per heavy atom. The lowest BCUT2D eigenvalue weighted by molar-refractivity contribution is -0.135. The van der Waals surface area contributed by atoms with Crippen LogP contribution in [0.1, 0.15) is 33.9 Å². The lowest BCUT2D eigenvalue weighted by Crippen LogP contribution is -2.33. The number of aryl methyl sites for hydroxylation is 1. The highest BCUT2D eigenvalue weighted by molar-refractivity contribution is 6.30. The summed E-state index contributed by atoms with van der Waals surface area (Å²) in [5.74, 6) is -0.0894. The summed E-state index contributed by atoms with van der Waals surface area (Å²) in [5, 5.41) is 4.45. The van der Waals surface area contributed by atoms with Crippen molar-refractivity contribution in [1.29, 1.82) is 0 Å². The van der Waals surface area contributed by atoms with Crippen LogP contribution in [-0.4, -0.2) is 34.8 Å². The fourth-order valence-electron chi connectivity index (χ4n) is 3.82. The van der Waals surface area contributed by atoms with Crippen molar-refractivity contribution < 1.29 is 9.59 Å². The van der Waals surface area contributed by atoms with Crippen LogP contribution in [0.15, 0.2) is 48.5 Å². The molecule has 25 heavy (non-hydrogen) atoms. The molecular weight excluding hydrogens is 336 g/mol. The normalized spacial score (nSPS) is 23.1. The van der Waals surface area contributed by atoms with Gasteiger partial charge in [-0.2, -0.15) is 0 Å². The molecule has 0 N–H and O–H groups in total. The van der Waals surface area contributed by atoms with Gasteiger partial charge in [0.15, 0.2) is 5.78 Å². The molecule has 0 radical (unpaired) electrons. The van der Waals surface area contributed by atoms with E-state index in [4.69, 9.17) is 11.6 Å². The highest BCUT2D eigenvalue weighted by Gasteiger charge is 2.49. The summed E-state index contributed by atoms with van der Waals surface area (Å²) < 4.78 is 0. The molecule has 0 saturated carbocycles. The fourth-order valence-corrected chi connectivity index (χ4v) is 3.94. The lowest BCUT2D eigenvalue weighted by atomic mass is 9.87. The Morgan fingerprint density at radius 2 is 1.76 bits per heavy atom. The minimum Gasteiger partial charge on any atom is -0.294 e. The number of nitrogens with zero attached hydrogens (tertiary/aromatic N) is 2. The zero-order chi connectivity index (χ0) is 17.6. The molecule has 2 heterocycles. The van der Waals surface area contributed by atoms with E-state index in [9.17, 15) is 9.59 Å². The van der Waals surface area contributed by atoms with Gasteiger partial charge < -0.3 is 0 Å². The smallest absolute Gasteiger partial charge is 0.238 e. The van der Waals surface area contributed by atoms with Gasteiger partial charge >= 0.3 is 0 Å². The Hall–Kier alpha value is -2.17. The summed E-state index contributed by atoms with van der Waals surface area (Å²) in [4.78, 5) is 25.3. The summed E-state index contributed by atoms with van der Waals surface area (Å²) in [5.41, 5.74) is 2.84. The Balaban J connectivity index is 1.71. The molecule has 0 bridgehead atoms. The average molecular weight is 355 g/mol. The number of benzene rings is 2. The third-order valence-corrected chi connectivity index (χ3v) is 5.36. The molecule has 4 nitrogen and oxygen atoms in total. The van der Waals surface area contributed by atoms with E-state index in [1.165, 1.54) is 0 Å². The topological polar surface area (TPSA) is 40.6 Å². The SMILES string of the molecule is Cc1ccc(C(=O)C2CN3C(=O)CCN3C2c2ccc(Cl)cc2)cc1. The minimum atomic E-state index is -0.270. The van der Waals surface area contributed by atoms with Crippen LogP contribution in [0.4, 0.5) is 0 Å². The predicted octanol–water partition coefficient (Wildman–Crippen LogP) is 3.65. The van der Waals surface area contributed by atoms with Crippen molar-refractivity contribution in [2.24, 2.45) is 5.92 Å². The van der Waals surface area contributed by atoms with E-state index in [-0.39, 0.29) is 23.7 Å². The first-order valence-corrected chi connectivity index (χ1v) is 8.85. The monoisotopic (exact) mass is 354 g/mol. The number of hydrogen-bond donors (Lipinski definition) is 0. The molecule has 2 saturated heterocycles. The molecule has 2 fully saturated rings. The summed E-state index contributed by atoms with van der Waals surface area (Å²) in [6, 6.07) is 15.1. The maximum absolute atomic E-state index is 13.2. The van der Waals surface area contributed by atoms with E-state index in [0.29, 0.717) is 30.1 Å². The number of rotatable bonds is 3. The Bertz CT molecular complexity index is 817. The van der Waals surface area contributed by atoms with E-state index in [2.05, 4.69) is 0 Å². The van der Waals surface area contributed by atoms with Crippen LogP contribution in [0.2, 0.25) is 5.02 Å². The molecular formula is C20H19ClN2O2. The highest BCUT2D eigenvalue weighted by atomic mass is 35.5. The molecule has 0 spiro atoms. The zero-order valence-corrected chi connectivity index (χ0v) is 14.7. The van der Waals surface area contributed by atoms with Gasteiger partial charge in [-0.15, -0.1) is 0 Å². The largest absolute Gasteiger partial charge is 0.294 e. The first-order chi connectivity index (χ1) is 12.0. The number of fused-ring (bicyclic) bond motifs is 1. The predicted molar refractivity (Wildman–Crippen MR) is 96.2 cm³/mol. The fraction of sp³-hybridized carbons (Fsp3) is 0.300. The molecule has 128 valence electrons. The van der Waals surface area contributed by atoms with Crippen LogP contribution >= 0.6 is 11.6 Å². The molecule has 2 unspecified atom stereocenters. The Kier molecular flexibility index (Phi) is 4.10. The van der Waals surface area contributed by atoms with Gasteiger partial charge in [0.25, 0.3) is 0 Å². The summed E-state index contributed by atoms with van der Waals surface area (Å²) in [6.45, 7) is 3.10. The number of ketones is 1. The number of carbonyl (C=O) groups excluding carboxylic acids is 2. The second kappa shape index (κ2) is 6.28. The van der Waals surface area contributed by atoms with Crippen molar-refractivity contribution in [3.8, 4) is 0 Å². The summed E-state index contributed by atoms with van der Waals surface area (Å²) in [7, 11) is 0. The molecule has 2 aromatic carbocycles. The number of hydrazine groups is 1. The summed E-state index contributed by atoms with van der Waals surface area (Å²) in [6.07, 6.45) is 0.509. The van der Waals surface area contributed by atoms with Gasteiger partial charge in [0.2, 0.25) is 5.91 Å². The third-order valence-electron chi connectivity index (χ3n) is 5.11. The van der Waals surface area contributed by atoms with E-state index < -0.39 is 0 Å². The van der Waals surface area contributed by atoms with E-state index in [1.54, 1.807) is 5.01 Å². The van der Waals surface area contributed by atoms with Gasteiger partial charge in [-0.05, 0) is 24.6 Å². The molecule has 5 heteroatoms. The second-order valence-electron chi connectivity index (χ2n) is 6.72. The molecule has 1 amide bonds. The van der Waals surface area contributed by atoms with E-state index in [1.807, 2.05) is 60.5 Å². The molecule has 2 aliphatic rings. The van der Waals surface area contributed by atoms with Gasteiger partial charge in [-0.25, -0.2) is 5.01 Å². The second-order valence-corrected chi connectivity index (χ2v) is 7.16. The van der Waals surface area contributed by atoms with Crippen LogP contribution in [0, 0.1) is 12.8 Å². The van der Waals surface area contributed by atoms with Crippen molar-refractivity contribution in [2.75, 3.05) is 13.1 Å². The molecule has 0 aliphatic carbocycles. The van der Waals surface area contributed by atoms with Gasteiger partial charge in [0, 0.05) is 30.1 Å². The number of halogens is 1. The van der Waals surface area contributed by atoms with E-state index in [0.717, 1.165) is 11.1 Å². The molecule has 2 atom stereocenters. The lowest BCUT2D eigenvalue weighted by Gasteiger charge is -2.26. The zero-order valence-electron chi connectivity index (χ0n) is 14.0. The number of hydrogen-bond acceptors (Lipinski definition) is 3. The first kappa shape index (κ1) is 16.3. The summed E-state index contributed by atoms with van der Waals surface area (Å²) >= 11 is 6.02. The quantitative estimate of drug-likeness (QED) is 0.790. The van der Waals surface area contributed by atoms with Crippen molar-refractivity contribution >= 4 is 23.3 Å². The minimum absolute atomic E-state index is 0.0853. The van der Waals surface area contributed by atoms with Crippen LogP contribution < -0.4 is 0 Å². The van der Waals surface area contributed by atoms with Crippen LogP contribution in [0.5, 0.6) is 0 Å². The average Bonchev–Trinajstić information content (AvgIpc) is 3.16. The number of amides is 1. The van der Waals surface area contributed by atoms with Crippen molar-refractivity contribution in [2.45, 2.75) is 19.4 Å². The Labute approximate surface area is 152 Å². The van der Waals surface area contributed by atoms with Crippen LogP contribution in [0.3, 0.4) is 0 Å². The van der Waals surface area contributed by atoms with Crippen molar-refractivity contribution in [1.82, 2.24) is 10.0 Å². The molecule has 2 aliphatic heterocycles. The van der Waals surface area contributed by atoms with Crippen LogP contribution in [0.25, 0.3) is 0 Å². The Morgan fingerprint density at radius 3 is 2.44 bits per heavy atom. The number of carbonyl (C=O) groups is 2. The standard InChI is InChI=1S/C20H19ClN2O2/c1-13-2-4-15(5-3-13)20(25)17-12-23-18(24)10-11-22(23)19(17)14-6-8-16(21)9-7-14/h2-9,17,19H,10-12H2,1H3. The van der Waals surface area contributed by atoms with Crippen molar-refractivity contribution in [3.05, 3.63) is 70.2 Å². The van der Waals surface area contributed by atoms with Gasteiger partial charge in [0.05, 0.1) is 12.0 Å². The molecule has 4 rings (SSSR count). The van der Waals surface area contributed by atoms with Crippen LogP contribution in [-0.2, 0) is 4.79 Å². The maximum atomic E-state index is 13.2. The third kappa shape index (κ3) is 2.86. The van der Waals surface area contributed by atoms with Gasteiger partial charge in [-0.1, -0.05) is 53.6 Å². The first-order valence-electron chi connectivity index (χ1n) is 8.48. The van der Waals surface area contributed by atoms with Crippen molar-refractivity contribution in [3.63, 3.8) is 0 Å². The highest BCUT2D eigenvalue weighted by Crippen LogP contribution is 2.41. The van der Waals surface area contributed by atoms with E-state index >= 15 is 0 Å². The van der Waals surface area contributed by atoms with Gasteiger partial charge in [0.1, 0.15) is 0 Å². The van der Waals surface area contributed by atoms with Gasteiger partial charge in [-0.3, -0.25) is 14.6 Å². The molecule has 0 aromatic heterocycles.